The maximum atomic E-state index is 12.7. The Kier molecular flexibility index (Phi) is 9.95. The van der Waals surface area contributed by atoms with Crippen LogP contribution in [-0.2, 0) is 30.4 Å². The summed E-state index contributed by atoms with van der Waals surface area (Å²) in [6.07, 6.45) is 2.21. The van der Waals surface area contributed by atoms with Crippen molar-refractivity contribution in [2.24, 2.45) is 0 Å². The van der Waals surface area contributed by atoms with E-state index in [2.05, 4.69) is 31.6 Å². The molecule has 1 heterocycles. The first-order valence-electron chi connectivity index (χ1n) is 10.1. The van der Waals surface area contributed by atoms with Crippen LogP contribution in [0.5, 0.6) is 0 Å². The number of hydrogen-bond acceptors (Lipinski definition) is 10. The van der Waals surface area contributed by atoms with Crippen LogP contribution >= 0.6 is 11.3 Å². The lowest BCUT2D eigenvalue weighted by atomic mass is 10.2. The summed E-state index contributed by atoms with van der Waals surface area (Å²) in [5.41, 5.74) is 5.57. The Hall–Kier alpha value is -4.42. The molecule has 1 aromatic heterocycles. The average molecular weight is 529 g/mol. The first kappa shape index (κ1) is 27.8. The van der Waals surface area contributed by atoms with Crippen molar-refractivity contribution in [2.75, 3.05) is 30.0 Å². The fraction of sp³-hybridized carbons (Fsp3) is 0.227. The van der Waals surface area contributed by atoms with Gasteiger partial charge in [-0.1, -0.05) is 28.9 Å². The van der Waals surface area contributed by atoms with Gasteiger partial charge < -0.3 is 16.0 Å². The van der Waals surface area contributed by atoms with E-state index in [0.717, 1.165) is 17.6 Å². The molecule has 2 aromatic rings. The molecular formula is C22H20N6O6S2. The van der Waals surface area contributed by atoms with Crippen molar-refractivity contribution in [3.8, 4) is 12.1 Å². The molecule has 12 nitrogen and oxygen atoms in total. The highest BCUT2D eigenvalue weighted by atomic mass is 32.2. The molecule has 3 N–H and O–H groups in total. The highest BCUT2D eigenvalue weighted by Crippen LogP contribution is 2.15. The van der Waals surface area contributed by atoms with Gasteiger partial charge in [0.25, 0.3) is 27.5 Å². The number of aromatic nitrogens is 1. The predicted molar refractivity (Wildman–Crippen MR) is 132 cm³/mol. The molecule has 36 heavy (non-hydrogen) atoms. The third kappa shape index (κ3) is 8.42. The van der Waals surface area contributed by atoms with Crippen LogP contribution < -0.4 is 30.7 Å². The monoisotopic (exact) mass is 528 g/mol. The zero-order chi connectivity index (χ0) is 26.7. The van der Waals surface area contributed by atoms with Gasteiger partial charge in [-0.3, -0.25) is 23.1 Å². The zero-order valence-electron chi connectivity index (χ0n) is 19.1. The summed E-state index contributed by atoms with van der Waals surface area (Å²) in [6, 6.07) is 9.91. The molecule has 186 valence electrons. The number of benzene rings is 1. The largest absolute Gasteiger partial charge is 0.355 e. The van der Waals surface area contributed by atoms with E-state index in [1.165, 1.54) is 10.8 Å². The van der Waals surface area contributed by atoms with Gasteiger partial charge in [-0.2, -0.15) is 18.9 Å². The van der Waals surface area contributed by atoms with Gasteiger partial charge in [-0.15, -0.1) is 0 Å². The van der Waals surface area contributed by atoms with Crippen LogP contribution in [-0.4, -0.2) is 44.2 Å². The highest BCUT2D eigenvalue weighted by molar-refractivity contribution is 7.86. The van der Waals surface area contributed by atoms with Gasteiger partial charge in [-0.05, 0) is 25.1 Å². The van der Waals surface area contributed by atoms with Crippen LogP contribution in [0.15, 0.2) is 40.8 Å². The standard InChI is InChI=1S/C22H20N6O6S2/c1-3-28-20(11-15(13-24)21(30)26-10-8-23)35-18(22(28)31)7-9-25-16-5-4-6-17(12-16)27-19(29)14-34-36(2,32)33/h4-6,9,12,25H,3,10,14H2,1-2H3,(H,26,30)(H,27,29). The number of rotatable bonds is 9. The van der Waals surface area contributed by atoms with Gasteiger partial charge in [0.15, 0.2) is 5.57 Å². The molecule has 0 atom stereocenters. The molecule has 0 saturated carbocycles. The summed E-state index contributed by atoms with van der Waals surface area (Å²) < 4.78 is 28.2. The first-order valence-corrected chi connectivity index (χ1v) is 12.7. The molecule has 0 bridgehead atoms. The number of nitriles is 2. The summed E-state index contributed by atoms with van der Waals surface area (Å²) in [5.74, 6) is -1.44. The summed E-state index contributed by atoms with van der Waals surface area (Å²) in [7, 11) is -3.75. The number of nitrogens with zero attached hydrogens (tertiary/aromatic N) is 3. The van der Waals surface area contributed by atoms with Crippen LogP contribution in [0.25, 0.3) is 11.5 Å². The van der Waals surface area contributed by atoms with Crippen LogP contribution in [0.3, 0.4) is 0 Å². The van der Waals surface area contributed by atoms with Gasteiger partial charge >= 0.3 is 0 Å². The molecule has 0 unspecified atom stereocenters. The van der Waals surface area contributed by atoms with E-state index in [0.29, 0.717) is 11.4 Å². The Morgan fingerprint density at radius 1 is 1.25 bits per heavy atom. The lowest BCUT2D eigenvalue weighted by Gasteiger charge is -2.07. The quantitative estimate of drug-likeness (QED) is 0.164. The van der Waals surface area contributed by atoms with Crippen molar-refractivity contribution in [2.45, 2.75) is 13.5 Å². The third-order valence-corrected chi connectivity index (χ3v) is 5.65. The number of carbonyl (C=O) groups excluding carboxylic acids is 2. The fourth-order valence-corrected chi connectivity index (χ4v) is 3.87. The van der Waals surface area contributed by atoms with Gasteiger partial charge in [-0.25, -0.2) is 0 Å². The third-order valence-electron chi connectivity index (χ3n) is 4.09. The minimum Gasteiger partial charge on any atom is -0.355 e. The van der Waals surface area contributed by atoms with E-state index >= 15 is 0 Å². The van der Waals surface area contributed by atoms with E-state index in [1.807, 2.05) is 0 Å². The molecule has 1 aromatic carbocycles. The van der Waals surface area contributed by atoms with Crippen molar-refractivity contribution in [3.05, 3.63) is 55.6 Å². The van der Waals surface area contributed by atoms with E-state index in [1.54, 1.807) is 43.3 Å². The number of anilines is 2. The van der Waals surface area contributed by atoms with Crippen LogP contribution in [0, 0.1) is 22.7 Å². The Balaban J connectivity index is 2.33. The molecule has 0 saturated heterocycles. The maximum Gasteiger partial charge on any atom is 0.277 e. The van der Waals surface area contributed by atoms with E-state index in [4.69, 9.17) is 5.26 Å². The SMILES string of the molecule is CCn1c(=C=C(C#N)C(=O)NCC#N)sc(=C=CNc2cccc(NC(=O)COS(C)(=O)=O)c2)c1=O. The Morgan fingerprint density at radius 2 is 1.97 bits per heavy atom. The smallest absolute Gasteiger partial charge is 0.277 e. The first-order chi connectivity index (χ1) is 17.1. The van der Waals surface area contributed by atoms with Crippen molar-refractivity contribution in [1.82, 2.24) is 9.88 Å². The van der Waals surface area contributed by atoms with Crippen LogP contribution in [0.4, 0.5) is 11.4 Å². The van der Waals surface area contributed by atoms with Crippen molar-refractivity contribution < 1.29 is 22.2 Å². The molecule has 0 radical (unpaired) electrons. The number of thiazole rings is 1. The minimum atomic E-state index is -3.75. The number of carbonyl (C=O) groups is 2. The van der Waals surface area contributed by atoms with Crippen molar-refractivity contribution in [1.29, 1.82) is 10.5 Å². The Bertz CT molecular complexity index is 1610. The highest BCUT2D eigenvalue weighted by Gasteiger charge is 2.09. The molecule has 0 spiro atoms. The summed E-state index contributed by atoms with van der Waals surface area (Å²) in [5, 5.41) is 25.4. The predicted octanol–water partition coefficient (Wildman–Crippen LogP) is -0.681. The zero-order valence-corrected chi connectivity index (χ0v) is 20.7. The van der Waals surface area contributed by atoms with E-state index in [-0.39, 0.29) is 27.9 Å². The van der Waals surface area contributed by atoms with Gasteiger partial charge in [0.05, 0.1) is 12.3 Å². The molecule has 0 fully saturated rings. The number of hydrogen-bond donors (Lipinski definition) is 3. The second kappa shape index (κ2) is 12.9. The lowest BCUT2D eigenvalue weighted by Crippen LogP contribution is -2.30. The summed E-state index contributed by atoms with van der Waals surface area (Å²) in [4.78, 5) is 36.5. The molecule has 0 aliphatic rings. The fourth-order valence-electron chi connectivity index (χ4n) is 2.56. The second-order valence-electron chi connectivity index (χ2n) is 6.77. The average Bonchev–Trinajstić information content (AvgIpc) is 3.13. The molecule has 0 aliphatic heterocycles. The Morgan fingerprint density at radius 3 is 2.61 bits per heavy atom. The Labute approximate surface area is 209 Å². The normalized spacial score (nSPS) is 10.1. The maximum absolute atomic E-state index is 12.7. The van der Waals surface area contributed by atoms with Crippen molar-refractivity contribution >= 4 is 56.1 Å². The molecule has 14 heteroatoms. The topological polar surface area (TPSA) is 183 Å². The number of nitrogens with one attached hydrogen (secondary N) is 3. The van der Waals surface area contributed by atoms with Gasteiger partial charge in [0.2, 0.25) is 0 Å². The molecule has 0 aliphatic carbocycles. The minimum absolute atomic E-state index is 0.184. The van der Waals surface area contributed by atoms with E-state index in [9.17, 15) is 28.1 Å². The van der Waals surface area contributed by atoms with E-state index < -0.39 is 34.1 Å². The number of amides is 2. The van der Waals surface area contributed by atoms with Crippen LogP contribution in [0.2, 0.25) is 0 Å². The lowest BCUT2D eigenvalue weighted by molar-refractivity contribution is -0.118. The molecule has 2 amide bonds. The molecule has 2 rings (SSSR count). The summed E-state index contributed by atoms with van der Waals surface area (Å²) in [6.45, 7) is 1.04. The molecular weight excluding hydrogens is 508 g/mol. The van der Waals surface area contributed by atoms with Gasteiger partial charge in [0, 0.05) is 24.1 Å². The van der Waals surface area contributed by atoms with Crippen LogP contribution in [0.1, 0.15) is 6.92 Å². The summed E-state index contributed by atoms with van der Waals surface area (Å²) >= 11 is 0.970. The van der Waals surface area contributed by atoms with Crippen molar-refractivity contribution in [3.63, 3.8) is 0 Å². The second-order valence-corrected chi connectivity index (χ2v) is 9.41. The van der Waals surface area contributed by atoms with Gasteiger partial charge in [0.1, 0.15) is 28.4 Å².